The monoisotopic (exact) mass is 431 g/mol. The number of hydrogen-bond acceptors (Lipinski definition) is 3. The van der Waals surface area contributed by atoms with Crippen molar-refractivity contribution in [1.29, 1.82) is 0 Å². The van der Waals surface area contributed by atoms with Crippen LogP contribution < -0.4 is 5.32 Å². The van der Waals surface area contributed by atoms with E-state index >= 15 is 0 Å². The fourth-order valence-electron chi connectivity index (χ4n) is 3.40. The maximum Gasteiger partial charge on any atom is 0.312 e. The minimum atomic E-state index is -0.721. The number of carbonyl (C=O) groups excluding carboxylic acids is 3. The third kappa shape index (κ3) is 5.16. The SMILES string of the molecule is CC[C@@H](C(=O)NCc1ccc(Cl)cc1)N1CCN(Cc2ccc(F)cc2)C(=O)C1=O. The zero-order chi connectivity index (χ0) is 21.7. The summed E-state index contributed by atoms with van der Waals surface area (Å²) in [4.78, 5) is 40.7. The summed E-state index contributed by atoms with van der Waals surface area (Å²) < 4.78 is 13.1. The molecule has 0 saturated carbocycles. The second-order valence-corrected chi connectivity index (χ2v) is 7.56. The molecule has 1 atom stereocenters. The first-order chi connectivity index (χ1) is 14.4. The van der Waals surface area contributed by atoms with Crippen molar-refractivity contribution in [3.05, 3.63) is 70.5 Å². The van der Waals surface area contributed by atoms with Gasteiger partial charge in [0, 0.05) is 31.2 Å². The van der Waals surface area contributed by atoms with Crippen LogP contribution in [0.4, 0.5) is 4.39 Å². The fourth-order valence-corrected chi connectivity index (χ4v) is 3.53. The predicted octanol–water partition coefficient (Wildman–Crippen LogP) is 2.74. The summed E-state index contributed by atoms with van der Waals surface area (Å²) >= 11 is 5.86. The highest BCUT2D eigenvalue weighted by Gasteiger charge is 2.38. The van der Waals surface area contributed by atoms with Gasteiger partial charge in [-0.05, 0) is 41.8 Å². The number of halogens is 2. The molecule has 0 radical (unpaired) electrons. The lowest BCUT2D eigenvalue weighted by molar-refractivity contribution is -0.159. The molecule has 6 nitrogen and oxygen atoms in total. The van der Waals surface area contributed by atoms with Gasteiger partial charge < -0.3 is 15.1 Å². The number of benzene rings is 2. The molecule has 1 fully saturated rings. The van der Waals surface area contributed by atoms with Gasteiger partial charge in [-0.25, -0.2) is 4.39 Å². The number of amides is 3. The van der Waals surface area contributed by atoms with Crippen molar-refractivity contribution >= 4 is 29.3 Å². The van der Waals surface area contributed by atoms with E-state index < -0.39 is 17.9 Å². The summed E-state index contributed by atoms with van der Waals surface area (Å²) in [5, 5.41) is 3.43. The largest absolute Gasteiger partial charge is 0.350 e. The number of rotatable bonds is 7. The third-order valence-corrected chi connectivity index (χ3v) is 5.33. The van der Waals surface area contributed by atoms with Crippen LogP contribution in [0.3, 0.4) is 0 Å². The molecule has 1 N–H and O–H groups in total. The molecular weight excluding hydrogens is 409 g/mol. The fraction of sp³-hybridized carbons (Fsp3) is 0.318. The van der Waals surface area contributed by atoms with Gasteiger partial charge in [0.1, 0.15) is 11.9 Å². The molecule has 0 aliphatic carbocycles. The lowest BCUT2D eigenvalue weighted by Crippen LogP contribution is -2.59. The molecule has 0 unspecified atom stereocenters. The molecule has 3 rings (SSSR count). The Morgan fingerprint density at radius 2 is 1.67 bits per heavy atom. The number of carbonyl (C=O) groups is 3. The van der Waals surface area contributed by atoms with Crippen molar-refractivity contribution in [3.8, 4) is 0 Å². The van der Waals surface area contributed by atoms with Gasteiger partial charge in [-0.1, -0.05) is 42.8 Å². The number of nitrogens with zero attached hydrogens (tertiary/aromatic N) is 2. The molecule has 0 spiro atoms. The van der Waals surface area contributed by atoms with Crippen LogP contribution in [0, 0.1) is 5.82 Å². The first-order valence-corrected chi connectivity index (χ1v) is 10.1. The average molecular weight is 432 g/mol. The smallest absolute Gasteiger partial charge is 0.312 e. The van der Waals surface area contributed by atoms with Crippen LogP contribution in [0.15, 0.2) is 48.5 Å². The maximum atomic E-state index is 13.1. The zero-order valence-electron chi connectivity index (χ0n) is 16.6. The highest BCUT2D eigenvalue weighted by Crippen LogP contribution is 2.16. The van der Waals surface area contributed by atoms with Crippen LogP contribution in [0.5, 0.6) is 0 Å². The van der Waals surface area contributed by atoms with E-state index in [0.29, 0.717) is 24.5 Å². The second-order valence-electron chi connectivity index (χ2n) is 7.12. The van der Waals surface area contributed by atoms with E-state index in [1.54, 1.807) is 31.2 Å². The first-order valence-electron chi connectivity index (χ1n) is 9.75. The second kappa shape index (κ2) is 9.71. The molecule has 30 heavy (non-hydrogen) atoms. The van der Waals surface area contributed by atoms with E-state index in [1.807, 2.05) is 12.1 Å². The average Bonchev–Trinajstić information content (AvgIpc) is 2.74. The molecule has 1 saturated heterocycles. The van der Waals surface area contributed by atoms with Crippen molar-refractivity contribution in [3.63, 3.8) is 0 Å². The minimum absolute atomic E-state index is 0.220. The van der Waals surface area contributed by atoms with Crippen molar-refractivity contribution < 1.29 is 18.8 Å². The Morgan fingerprint density at radius 1 is 1.03 bits per heavy atom. The van der Waals surface area contributed by atoms with Gasteiger partial charge in [0.25, 0.3) is 0 Å². The third-order valence-electron chi connectivity index (χ3n) is 5.07. The van der Waals surface area contributed by atoms with Crippen LogP contribution in [0.1, 0.15) is 24.5 Å². The number of hydrogen-bond donors (Lipinski definition) is 1. The van der Waals surface area contributed by atoms with E-state index in [-0.39, 0.29) is 24.8 Å². The lowest BCUT2D eigenvalue weighted by atomic mass is 10.1. The molecule has 3 amide bonds. The molecule has 0 aromatic heterocycles. The summed E-state index contributed by atoms with van der Waals surface area (Å²) in [6.45, 7) is 2.90. The van der Waals surface area contributed by atoms with Crippen molar-refractivity contribution in [1.82, 2.24) is 15.1 Å². The lowest BCUT2D eigenvalue weighted by Gasteiger charge is -2.37. The summed E-state index contributed by atoms with van der Waals surface area (Å²) in [5.41, 5.74) is 1.62. The molecule has 1 aliphatic heterocycles. The van der Waals surface area contributed by atoms with Crippen molar-refractivity contribution in [2.45, 2.75) is 32.5 Å². The molecule has 1 heterocycles. The van der Waals surface area contributed by atoms with Crippen molar-refractivity contribution in [2.24, 2.45) is 0 Å². The topological polar surface area (TPSA) is 69.7 Å². The van der Waals surface area contributed by atoms with E-state index in [4.69, 9.17) is 11.6 Å². The summed E-state index contributed by atoms with van der Waals surface area (Å²) in [7, 11) is 0. The number of nitrogens with one attached hydrogen (secondary N) is 1. The van der Waals surface area contributed by atoms with Crippen LogP contribution in [-0.2, 0) is 27.5 Å². The Bertz CT molecular complexity index is 918. The van der Waals surface area contributed by atoms with Crippen LogP contribution in [0.25, 0.3) is 0 Å². The van der Waals surface area contributed by atoms with E-state index in [1.165, 1.54) is 21.9 Å². The van der Waals surface area contributed by atoms with Gasteiger partial charge in [-0.15, -0.1) is 0 Å². The molecule has 158 valence electrons. The van der Waals surface area contributed by atoms with Gasteiger partial charge in [0.15, 0.2) is 0 Å². The van der Waals surface area contributed by atoms with Gasteiger partial charge in [-0.3, -0.25) is 14.4 Å². The predicted molar refractivity (Wildman–Crippen MR) is 111 cm³/mol. The summed E-state index contributed by atoms with van der Waals surface area (Å²) in [6.07, 6.45) is 0.392. The Morgan fingerprint density at radius 3 is 2.30 bits per heavy atom. The molecular formula is C22H23ClFN3O3. The zero-order valence-corrected chi connectivity index (χ0v) is 17.4. The Kier molecular flexibility index (Phi) is 7.05. The Labute approximate surface area is 179 Å². The standard InChI is InChI=1S/C22H23ClFN3O3/c1-2-19(20(28)25-13-15-3-7-17(23)8-4-15)27-12-11-26(21(29)22(27)30)14-16-5-9-18(24)10-6-16/h3-10,19H,2,11-14H2,1H3,(H,25,28)/t19-/m0/s1. The highest BCUT2D eigenvalue weighted by molar-refractivity contribution is 6.35. The van der Waals surface area contributed by atoms with E-state index in [9.17, 15) is 18.8 Å². The maximum absolute atomic E-state index is 13.1. The first kappa shape index (κ1) is 21.8. The normalized spacial score (nSPS) is 15.3. The van der Waals surface area contributed by atoms with Crippen LogP contribution in [-0.4, -0.2) is 46.7 Å². The highest BCUT2D eigenvalue weighted by atomic mass is 35.5. The van der Waals surface area contributed by atoms with Gasteiger partial charge >= 0.3 is 11.8 Å². The quantitative estimate of drug-likeness (QED) is 0.685. The number of piperazine rings is 1. The Balaban J connectivity index is 1.60. The van der Waals surface area contributed by atoms with E-state index in [0.717, 1.165) is 11.1 Å². The molecule has 0 bridgehead atoms. The molecule has 2 aromatic rings. The molecule has 2 aromatic carbocycles. The van der Waals surface area contributed by atoms with E-state index in [2.05, 4.69) is 5.32 Å². The summed E-state index contributed by atoms with van der Waals surface area (Å²) in [5.74, 6) is -2.02. The van der Waals surface area contributed by atoms with Gasteiger partial charge in [0.05, 0.1) is 0 Å². The molecule has 8 heteroatoms. The van der Waals surface area contributed by atoms with Gasteiger partial charge in [0.2, 0.25) is 5.91 Å². The van der Waals surface area contributed by atoms with Crippen LogP contribution in [0.2, 0.25) is 5.02 Å². The van der Waals surface area contributed by atoms with Crippen molar-refractivity contribution in [2.75, 3.05) is 13.1 Å². The Hall–Kier alpha value is -2.93. The van der Waals surface area contributed by atoms with Gasteiger partial charge in [-0.2, -0.15) is 0 Å². The summed E-state index contributed by atoms with van der Waals surface area (Å²) in [6, 6.07) is 12.2. The minimum Gasteiger partial charge on any atom is -0.350 e. The molecule has 1 aliphatic rings. The van der Waals surface area contributed by atoms with Crippen LogP contribution >= 0.6 is 11.6 Å².